The molecule has 0 spiro atoms. The lowest BCUT2D eigenvalue weighted by Gasteiger charge is -2.38. The highest BCUT2D eigenvalue weighted by Crippen LogP contribution is 2.31. The fraction of sp³-hybridized carbons (Fsp3) is 0.432. The molecule has 262 valence electrons. The molecule has 1 saturated heterocycles. The summed E-state index contributed by atoms with van der Waals surface area (Å²) in [5.41, 5.74) is 9.46. The average molecular weight is 673 g/mol. The Labute approximate surface area is 288 Å². The summed E-state index contributed by atoms with van der Waals surface area (Å²) in [6.45, 7) is 8.86. The number of carbonyl (C=O) groups is 3. The lowest BCUT2D eigenvalue weighted by molar-refractivity contribution is -0.116. The van der Waals surface area contributed by atoms with E-state index in [0.29, 0.717) is 79.8 Å². The number of aliphatic hydroxyl groups is 1. The third-order valence-corrected chi connectivity index (χ3v) is 9.08. The minimum Gasteiger partial charge on any atom is -0.488 e. The van der Waals surface area contributed by atoms with E-state index in [1.54, 1.807) is 47.4 Å². The number of rotatable bonds is 12. The van der Waals surface area contributed by atoms with Gasteiger partial charge in [0.1, 0.15) is 11.9 Å². The molecular formula is C37H48N6O6. The van der Waals surface area contributed by atoms with Crippen LogP contribution in [0.3, 0.4) is 0 Å². The number of nitrogen functional groups attached to an aromatic ring is 1. The number of benzene rings is 3. The second kappa shape index (κ2) is 16.8. The quantitative estimate of drug-likeness (QED) is 0.212. The van der Waals surface area contributed by atoms with Gasteiger partial charge in [-0.2, -0.15) is 0 Å². The summed E-state index contributed by atoms with van der Waals surface area (Å²) in [5.74, 6) is -0.233. The maximum atomic E-state index is 13.8. The molecule has 2 aliphatic rings. The van der Waals surface area contributed by atoms with E-state index in [1.807, 2.05) is 45.2 Å². The molecule has 12 nitrogen and oxygen atoms in total. The van der Waals surface area contributed by atoms with Crippen molar-refractivity contribution in [2.75, 3.05) is 76.0 Å². The van der Waals surface area contributed by atoms with Crippen LogP contribution >= 0.6 is 0 Å². The third kappa shape index (κ3) is 9.57. The van der Waals surface area contributed by atoms with Crippen molar-refractivity contribution in [3.63, 3.8) is 0 Å². The van der Waals surface area contributed by atoms with E-state index in [9.17, 15) is 19.5 Å². The SMILES string of the molecule is C[C@@H]1CN([C@@H](C)CO)C(=O)c2cc(NC(=O)CCN3CCOCC3)ccc2O[C@H]1CN(C)Cc1ccc(C(=O)Nc2ccccc2N)cc1. The van der Waals surface area contributed by atoms with Crippen LogP contribution in [0.1, 0.15) is 46.5 Å². The molecule has 0 aliphatic carbocycles. The van der Waals surface area contributed by atoms with E-state index in [0.717, 1.165) is 18.7 Å². The number of nitrogens with zero attached hydrogens (tertiary/aromatic N) is 3. The second-order valence-electron chi connectivity index (χ2n) is 13.0. The summed E-state index contributed by atoms with van der Waals surface area (Å²) in [6, 6.07) is 19.3. The zero-order chi connectivity index (χ0) is 34.9. The van der Waals surface area contributed by atoms with Crippen molar-refractivity contribution in [3.8, 4) is 5.75 Å². The first-order valence-electron chi connectivity index (χ1n) is 16.9. The summed E-state index contributed by atoms with van der Waals surface area (Å²) < 4.78 is 11.9. The van der Waals surface area contributed by atoms with Gasteiger partial charge in [-0.05, 0) is 62.0 Å². The van der Waals surface area contributed by atoms with E-state index in [2.05, 4.69) is 20.4 Å². The van der Waals surface area contributed by atoms with E-state index >= 15 is 0 Å². The standard InChI is InChI=1S/C37H48N6O6/c1-25-21-43(26(2)24-44)37(47)30-20-29(39-35(45)14-15-42-16-18-48-19-17-42)12-13-33(30)49-34(25)23-41(3)22-27-8-10-28(11-9-27)36(46)40-32-7-5-4-6-31(32)38/h4-13,20,25-26,34,44H,14-19,21-24,38H2,1-3H3,(H,39,45)(H,40,46)/t25-,26+,34+/m1/s1. The molecule has 5 rings (SSSR count). The summed E-state index contributed by atoms with van der Waals surface area (Å²) >= 11 is 0. The van der Waals surface area contributed by atoms with Crippen molar-refractivity contribution in [1.29, 1.82) is 0 Å². The number of amides is 3. The van der Waals surface area contributed by atoms with Crippen LogP contribution in [0, 0.1) is 5.92 Å². The Morgan fingerprint density at radius 3 is 2.51 bits per heavy atom. The fourth-order valence-corrected chi connectivity index (χ4v) is 6.08. The average Bonchev–Trinajstić information content (AvgIpc) is 3.10. The Morgan fingerprint density at radius 1 is 1.06 bits per heavy atom. The zero-order valence-corrected chi connectivity index (χ0v) is 28.6. The van der Waals surface area contributed by atoms with E-state index in [-0.39, 0.29) is 36.4 Å². The predicted octanol–water partition coefficient (Wildman–Crippen LogP) is 3.53. The number of aliphatic hydroxyl groups excluding tert-OH is 1. The monoisotopic (exact) mass is 672 g/mol. The molecule has 12 heteroatoms. The molecule has 0 aromatic heterocycles. The number of nitrogens with one attached hydrogen (secondary N) is 2. The van der Waals surface area contributed by atoms with Gasteiger partial charge in [0.25, 0.3) is 11.8 Å². The van der Waals surface area contributed by atoms with Crippen LogP contribution < -0.4 is 21.1 Å². The minimum atomic E-state index is -0.403. The number of hydrogen-bond acceptors (Lipinski definition) is 9. The van der Waals surface area contributed by atoms with Crippen molar-refractivity contribution >= 4 is 34.8 Å². The number of ether oxygens (including phenoxy) is 2. The number of fused-ring (bicyclic) bond motifs is 1. The molecule has 49 heavy (non-hydrogen) atoms. The third-order valence-electron chi connectivity index (χ3n) is 9.08. The van der Waals surface area contributed by atoms with Gasteiger partial charge in [0.2, 0.25) is 5.91 Å². The smallest absolute Gasteiger partial charge is 0.258 e. The number of para-hydroxylation sites is 2. The van der Waals surface area contributed by atoms with Crippen molar-refractivity contribution in [3.05, 3.63) is 83.4 Å². The topological polar surface area (TPSA) is 150 Å². The molecule has 0 radical (unpaired) electrons. The highest BCUT2D eigenvalue weighted by molar-refractivity contribution is 6.05. The first-order valence-corrected chi connectivity index (χ1v) is 16.9. The zero-order valence-electron chi connectivity index (χ0n) is 28.6. The van der Waals surface area contributed by atoms with Crippen LogP contribution in [0.5, 0.6) is 5.75 Å². The normalized spacial score (nSPS) is 19.0. The molecule has 0 saturated carbocycles. The number of morpholine rings is 1. The molecule has 3 aromatic rings. The second-order valence-corrected chi connectivity index (χ2v) is 13.0. The van der Waals surface area contributed by atoms with Gasteiger partial charge >= 0.3 is 0 Å². The number of hydrogen-bond donors (Lipinski definition) is 4. The van der Waals surface area contributed by atoms with Crippen molar-refractivity contribution in [1.82, 2.24) is 14.7 Å². The number of likely N-dealkylation sites (N-methyl/N-ethyl adjacent to an activating group) is 1. The van der Waals surface area contributed by atoms with Crippen molar-refractivity contribution in [2.24, 2.45) is 5.92 Å². The van der Waals surface area contributed by atoms with Crippen LogP contribution in [-0.2, 0) is 16.1 Å². The molecule has 1 fully saturated rings. The highest BCUT2D eigenvalue weighted by atomic mass is 16.5. The number of anilines is 3. The summed E-state index contributed by atoms with van der Waals surface area (Å²) in [4.78, 5) is 45.4. The molecule has 0 unspecified atom stereocenters. The van der Waals surface area contributed by atoms with Gasteiger partial charge < -0.3 is 35.8 Å². The lowest BCUT2D eigenvalue weighted by atomic mass is 9.99. The summed E-state index contributed by atoms with van der Waals surface area (Å²) in [6.07, 6.45) is 0.0560. The molecule has 3 amide bonds. The number of carbonyl (C=O) groups excluding carboxylic acids is 3. The van der Waals surface area contributed by atoms with Crippen LogP contribution in [0.25, 0.3) is 0 Å². The lowest BCUT2D eigenvalue weighted by Crippen LogP contribution is -2.49. The highest BCUT2D eigenvalue weighted by Gasteiger charge is 2.33. The first-order chi connectivity index (χ1) is 23.6. The van der Waals surface area contributed by atoms with Gasteiger partial charge in [0.05, 0.1) is 42.8 Å². The van der Waals surface area contributed by atoms with Gasteiger partial charge in [-0.15, -0.1) is 0 Å². The van der Waals surface area contributed by atoms with Gasteiger partial charge in [-0.1, -0.05) is 31.2 Å². The molecule has 3 atom stereocenters. The Balaban J connectivity index is 1.25. The van der Waals surface area contributed by atoms with Gasteiger partial charge in [-0.3, -0.25) is 24.2 Å². The molecule has 0 bridgehead atoms. The first kappa shape index (κ1) is 35.8. The maximum Gasteiger partial charge on any atom is 0.258 e. The Hall–Kier alpha value is -4.49. The fourth-order valence-electron chi connectivity index (χ4n) is 6.08. The molecular weight excluding hydrogens is 624 g/mol. The molecule has 2 aliphatic heterocycles. The van der Waals surface area contributed by atoms with Crippen LogP contribution in [0.2, 0.25) is 0 Å². The van der Waals surface area contributed by atoms with Crippen molar-refractivity contribution in [2.45, 2.75) is 39.0 Å². The van der Waals surface area contributed by atoms with E-state index < -0.39 is 6.04 Å². The summed E-state index contributed by atoms with van der Waals surface area (Å²) in [5, 5.41) is 15.8. The van der Waals surface area contributed by atoms with Gasteiger partial charge in [0.15, 0.2) is 0 Å². The van der Waals surface area contributed by atoms with Crippen LogP contribution in [0.15, 0.2) is 66.7 Å². The largest absolute Gasteiger partial charge is 0.488 e. The van der Waals surface area contributed by atoms with Crippen molar-refractivity contribution < 1.29 is 29.0 Å². The Kier molecular flexibility index (Phi) is 12.2. The molecule has 5 N–H and O–H groups in total. The van der Waals surface area contributed by atoms with Gasteiger partial charge in [-0.25, -0.2) is 0 Å². The van der Waals surface area contributed by atoms with E-state index in [1.165, 1.54) is 0 Å². The number of nitrogens with two attached hydrogens (primary N) is 1. The molecule has 3 aromatic carbocycles. The Bertz CT molecular complexity index is 1590. The predicted molar refractivity (Wildman–Crippen MR) is 190 cm³/mol. The maximum absolute atomic E-state index is 13.8. The van der Waals surface area contributed by atoms with Crippen LogP contribution in [0.4, 0.5) is 17.1 Å². The van der Waals surface area contributed by atoms with Gasteiger partial charge in [0, 0.05) is 62.9 Å². The summed E-state index contributed by atoms with van der Waals surface area (Å²) in [7, 11) is 2.00. The Morgan fingerprint density at radius 2 is 1.80 bits per heavy atom. The van der Waals surface area contributed by atoms with Crippen LogP contribution in [-0.4, -0.2) is 109 Å². The van der Waals surface area contributed by atoms with E-state index in [4.69, 9.17) is 15.2 Å². The minimum absolute atomic E-state index is 0.0513. The molecule has 2 heterocycles.